The van der Waals surface area contributed by atoms with Crippen LogP contribution in [0, 0.1) is 5.82 Å². The Hall–Kier alpha value is -3.22. The van der Waals surface area contributed by atoms with Gasteiger partial charge in [-0.1, -0.05) is 18.2 Å². The van der Waals surface area contributed by atoms with Gasteiger partial charge in [-0.05, 0) is 6.07 Å². The first-order valence-corrected chi connectivity index (χ1v) is 12.2. The predicted molar refractivity (Wildman–Crippen MR) is 133 cm³/mol. The van der Waals surface area contributed by atoms with Crippen molar-refractivity contribution in [2.75, 3.05) is 62.8 Å². The van der Waals surface area contributed by atoms with Crippen LogP contribution < -0.4 is 15.8 Å². The first-order valence-electron chi connectivity index (χ1n) is 12.2. The fourth-order valence-corrected chi connectivity index (χ4v) is 4.64. The van der Waals surface area contributed by atoms with Gasteiger partial charge in [0, 0.05) is 45.3 Å². The molecular formula is C25H29F3N6O3. The second-order valence-electron chi connectivity index (χ2n) is 9.08. The molecule has 4 heterocycles. The summed E-state index contributed by atoms with van der Waals surface area (Å²) in [7, 11) is 1.66. The number of fused-ring (bicyclic) bond motifs is 1. The first kappa shape index (κ1) is 25.4. The quantitative estimate of drug-likeness (QED) is 0.511. The predicted octanol–water partition coefficient (Wildman–Crippen LogP) is 2.69. The zero-order valence-electron chi connectivity index (χ0n) is 20.6. The maximum Gasteiger partial charge on any atom is 0.275 e. The average Bonchev–Trinajstić information content (AvgIpc) is 2.91. The Morgan fingerprint density at radius 1 is 1.05 bits per heavy atom. The molecule has 3 aromatic rings. The molecule has 2 aliphatic rings. The molecule has 0 radical (unpaired) electrons. The number of pyridine rings is 1. The van der Waals surface area contributed by atoms with Gasteiger partial charge in [0.1, 0.15) is 28.8 Å². The fourth-order valence-electron chi connectivity index (χ4n) is 4.64. The van der Waals surface area contributed by atoms with Crippen LogP contribution in [-0.4, -0.2) is 72.0 Å². The third-order valence-corrected chi connectivity index (χ3v) is 6.70. The minimum Gasteiger partial charge on any atom is -0.379 e. The number of hydrogen-bond donors (Lipinski definition) is 1. The summed E-state index contributed by atoms with van der Waals surface area (Å²) >= 11 is 0. The number of hydrogen-bond acceptors (Lipinski definition) is 8. The average molecular weight is 519 g/mol. The van der Waals surface area contributed by atoms with Gasteiger partial charge in [-0.3, -0.25) is 14.3 Å². The summed E-state index contributed by atoms with van der Waals surface area (Å²) in [5.41, 5.74) is 0.197. The van der Waals surface area contributed by atoms with Crippen molar-refractivity contribution < 1.29 is 22.6 Å². The molecule has 0 atom stereocenters. The zero-order valence-corrected chi connectivity index (χ0v) is 20.6. The van der Waals surface area contributed by atoms with E-state index in [0.29, 0.717) is 74.4 Å². The summed E-state index contributed by atoms with van der Waals surface area (Å²) in [6, 6.07) is 5.69. The third kappa shape index (κ3) is 5.41. The van der Waals surface area contributed by atoms with Crippen LogP contribution in [0.1, 0.15) is 23.4 Å². The van der Waals surface area contributed by atoms with Crippen molar-refractivity contribution in [3.8, 4) is 0 Å². The van der Waals surface area contributed by atoms with Crippen LogP contribution in [0.2, 0.25) is 0 Å². The van der Waals surface area contributed by atoms with E-state index in [9.17, 15) is 18.0 Å². The SMILES string of the molecule is Cn1c(=O)c(N2CCOCC2)cc2c(NCc3cccc(C(F)F)c3F)nc(CN3CCOCC3)nc21. The number of nitrogens with one attached hydrogen (secondary N) is 1. The van der Waals surface area contributed by atoms with Crippen LogP contribution in [0.4, 0.5) is 24.7 Å². The van der Waals surface area contributed by atoms with Gasteiger partial charge in [-0.2, -0.15) is 0 Å². The maximum atomic E-state index is 14.7. The molecule has 9 nitrogen and oxygen atoms in total. The smallest absolute Gasteiger partial charge is 0.275 e. The Labute approximate surface area is 211 Å². The lowest BCUT2D eigenvalue weighted by Gasteiger charge is -2.29. The number of ether oxygens (including phenoxy) is 2. The Morgan fingerprint density at radius 3 is 2.46 bits per heavy atom. The molecule has 2 fully saturated rings. The Bertz CT molecular complexity index is 1320. The van der Waals surface area contributed by atoms with Gasteiger partial charge in [-0.15, -0.1) is 0 Å². The minimum absolute atomic E-state index is 0.0643. The summed E-state index contributed by atoms with van der Waals surface area (Å²) in [5, 5.41) is 3.71. The van der Waals surface area contributed by atoms with Crippen molar-refractivity contribution in [1.29, 1.82) is 0 Å². The first-order chi connectivity index (χ1) is 17.9. The molecule has 2 aromatic heterocycles. The standard InChI is InChI=1S/C25H29F3N6O3/c1-32-24-18(13-19(25(32)35)34-7-11-37-12-8-34)23(30-20(31-24)15-33-5-9-36-10-6-33)29-14-16-3-2-4-17(21(16)26)22(27)28/h2-4,13,22H,5-12,14-15H2,1H3,(H,29,30,31). The fraction of sp³-hybridized carbons (Fsp3) is 0.480. The molecule has 0 bridgehead atoms. The van der Waals surface area contributed by atoms with Crippen molar-refractivity contribution in [3.63, 3.8) is 0 Å². The molecule has 1 aromatic carbocycles. The third-order valence-electron chi connectivity index (χ3n) is 6.70. The molecule has 0 aliphatic carbocycles. The van der Waals surface area contributed by atoms with Gasteiger partial charge in [0.15, 0.2) is 0 Å². The van der Waals surface area contributed by atoms with Gasteiger partial charge in [0.25, 0.3) is 12.0 Å². The molecule has 0 unspecified atom stereocenters. The van der Waals surface area contributed by atoms with Gasteiger partial charge in [-0.25, -0.2) is 23.1 Å². The lowest BCUT2D eigenvalue weighted by molar-refractivity contribution is 0.0331. The highest BCUT2D eigenvalue weighted by molar-refractivity contribution is 5.89. The largest absolute Gasteiger partial charge is 0.379 e. The molecule has 12 heteroatoms. The summed E-state index contributed by atoms with van der Waals surface area (Å²) in [6.07, 6.45) is -2.91. The number of nitrogens with zero attached hydrogens (tertiary/aromatic N) is 5. The van der Waals surface area contributed by atoms with E-state index in [1.807, 2.05) is 4.90 Å². The summed E-state index contributed by atoms with van der Waals surface area (Å²) < 4.78 is 53.5. The van der Waals surface area contributed by atoms with E-state index in [-0.39, 0.29) is 17.7 Å². The molecule has 198 valence electrons. The van der Waals surface area contributed by atoms with E-state index in [4.69, 9.17) is 19.4 Å². The van der Waals surface area contributed by atoms with Crippen LogP contribution >= 0.6 is 0 Å². The van der Waals surface area contributed by atoms with Crippen LogP contribution in [-0.2, 0) is 29.6 Å². The van der Waals surface area contributed by atoms with Crippen molar-refractivity contribution in [2.45, 2.75) is 19.5 Å². The summed E-state index contributed by atoms with van der Waals surface area (Å²) in [5.74, 6) is -0.0497. The van der Waals surface area contributed by atoms with Crippen molar-refractivity contribution in [2.24, 2.45) is 7.05 Å². The van der Waals surface area contributed by atoms with Crippen molar-refractivity contribution >= 4 is 22.5 Å². The number of rotatable bonds is 7. The van der Waals surface area contributed by atoms with Gasteiger partial charge >= 0.3 is 0 Å². The number of anilines is 2. The van der Waals surface area contributed by atoms with E-state index in [0.717, 1.165) is 19.2 Å². The van der Waals surface area contributed by atoms with E-state index in [2.05, 4.69) is 10.2 Å². The lowest BCUT2D eigenvalue weighted by Crippen LogP contribution is -2.40. The highest BCUT2D eigenvalue weighted by atomic mass is 19.3. The second-order valence-corrected chi connectivity index (χ2v) is 9.08. The molecule has 0 amide bonds. The molecule has 5 rings (SSSR count). The second kappa shape index (κ2) is 11.0. The number of aryl methyl sites for hydroxylation is 1. The van der Waals surface area contributed by atoms with Crippen LogP contribution in [0.5, 0.6) is 0 Å². The van der Waals surface area contributed by atoms with Gasteiger partial charge < -0.3 is 19.7 Å². The van der Waals surface area contributed by atoms with Crippen LogP contribution in [0.15, 0.2) is 29.1 Å². The monoisotopic (exact) mass is 518 g/mol. The topological polar surface area (TPSA) is 84.8 Å². The Kier molecular flexibility index (Phi) is 7.58. The Balaban J connectivity index is 1.55. The van der Waals surface area contributed by atoms with Gasteiger partial charge in [0.2, 0.25) is 0 Å². The van der Waals surface area contributed by atoms with E-state index < -0.39 is 17.8 Å². The molecular weight excluding hydrogens is 489 g/mol. The molecule has 0 saturated carbocycles. The van der Waals surface area contributed by atoms with Crippen LogP contribution in [0.3, 0.4) is 0 Å². The van der Waals surface area contributed by atoms with Crippen LogP contribution in [0.25, 0.3) is 11.0 Å². The summed E-state index contributed by atoms with van der Waals surface area (Å²) in [4.78, 5) is 26.8. The minimum atomic E-state index is -2.91. The maximum absolute atomic E-state index is 14.7. The Morgan fingerprint density at radius 2 is 1.76 bits per heavy atom. The highest BCUT2D eigenvalue weighted by Gasteiger charge is 2.22. The van der Waals surface area contributed by atoms with E-state index >= 15 is 0 Å². The number of aromatic nitrogens is 3. The number of morpholine rings is 2. The van der Waals surface area contributed by atoms with Gasteiger partial charge in [0.05, 0.1) is 43.9 Å². The molecule has 2 aliphatic heterocycles. The number of benzene rings is 1. The zero-order chi connectivity index (χ0) is 25.9. The molecule has 0 spiro atoms. The molecule has 2 saturated heterocycles. The summed E-state index contributed by atoms with van der Waals surface area (Å²) in [6.45, 7) is 5.24. The molecule has 1 N–H and O–H groups in total. The van der Waals surface area contributed by atoms with E-state index in [1.165, 1.54) is 16.7 Å². The normalized spacial score (nSPS) is 17.1. The van der Waals surface area contributed by atoms with Crippen molar-refractivity contribution in [1.82, 2.24) is 19.4 Å². The number of halogens is 3. The molecule has 37 heavy (non-hydrogen) atoms. The van der Waals surface area contributed by atoms with E-state index in [1.54, 1.807) is 13.1 Å². The number of alkyl halides is 2. The van der Waals surface area contributed by atoms with Crippen molar-refractivity contribution in [3.05, 3.63) is 57.4 Å². The highest BCUT2D eigenvalue weighted by Crippen LogP contribution is 2.27. The lowest BCUT2D eigenvalue weighted by atomic mass is 10.1.